The number of carbonyl (C=O) groups is 1. The number of morpholine rings is 1. The van der Waals surface area contributed by atoms with Crippen LogP contribution < -0.4 is 0 Å². The van der Waals surface area contributed by atoms with E-state index >= 15 is 0 Å². The molecule has 0 atom stereocenters. The maximum Gasteiger partial charge on any atom is 0.353 e. The van der Waals surface area contributed by atoms with Gasteiger partial charge in [0.15, 0.2) is 0 Å². The molecule has 4 heteroatoms. The van der Waals surface area contributed by atoms with Crippen molar-refractivity contribution in [1.29, 1.82) is 0 Å². The highest BCUT2D eigenvalue weighted by Gasteiger charge is 2.18. The Labute approximate surface area is 90.8 Å². The molecule has 0 amide bonds. The van der Waals surface area contributed by atoms with Crippen LogP contribution in [0.5, 0.6) is 0 Å². The zero-order valence-electron chi connectivity index (χ0n) is 9.33. The van der Waals surface area contributed by atoms with Crippen LogP contribution in [0.15, 0.2) is 12.3 Å². The molecule has 1 saturated heterocycles. The Morgan fingerprint density at radius 1 is 1.47 bits per heavy atom. The molecule has 0 spiro atoms. The summed E-state index contributed by atoms with van der Waals surface area (Å²) in [5, 5.41) is 0. The predicted molar refractivity (Wildman–Crippen MR) is 57.4 cm³/mol. The molecule has 0 bridgehead atoms. The topological polar surface area (TPSA) is 38.8 Å². The van der Waals surface area contributed by atoms with Crippen LogP contribution >= 0.6 is 0 Å². The van der Waals surface area contributed by atoms with Gasteiger partial charge in [0.25, 0.3) is 0 Å². The summed E-state index contributed by atoms with van der Waals surface area (Å²) in [6, 6.07) is 0. The van der Waals surface area contributed by atoms with Gasteiger partial charge in [0, 0.05) is 13.1 Å². The largest absolute Gasteiger partial charge is 0.461 e. The molecule has 1 rings (SSSR count). The molecule has 0 aromatic rings. The Kier molecular flexibility index (Phi) is 5.18. The van der Waals surface area contributed by atoms with Gasteiger partial charge < -0.3 is 14.4 Å². The Hall–Kier alpha value is -1.03. The summed E-state index contributed by atoms with van der Waals surface area (Å²) in [5.41, 5.74) is 0.453. The van der Waals surface area contributed by atoms with E-state index < -0.39 is 0 Å². The molecule has 0 N–H and O–H groups in total. The van der Waals surface area contributed by atoms with Gasteiger partial charge >= 0.3 is 5.97 Å². The summed E-state index contributed by atoms with van der Waals surface area (Å²) >= 11 is 0. The fourth-order valence-corrected chi connectivity index (χ4v) is 1.35. The smallest absolute Gasteiger partial charge is 0.353 e. The van der Waals surface area contributed by atoms with Crippen LogP contribution in [-0.2, 0) is 14.3 Å². The van der Waals surface area contributed by atoms with Crippen molar-refractivity contribution in [3.8, 4) is 0 Å². The molecule has 1 aliphatic heterocycles. The lowest BCUT2D eigenvalue weighted by Crippen LogP contribution is -2.38. The van der Waals surface area contributed by atoms with E-state index in [1.54, 1.807) is 0 Å². The van der Waals surface area contributed by atoms with Crippen LogP contribution in [0.1, 0.15) is 19.8 Å². The van der Waals surface area contributed by atoms with Gasteiger partial charge in [-0.3, -0.25) is 0 Å². The van der Waals surface area contributed by atoms with E-state index in [2.05, 4.69) is 13.5 Å². The monoisotopic (exact) mass is 213 g/mol. The number of unbranched alkanes of at least 4 members (excludes halogenated alkanes) is 1. The average molecular weight is 213 g/mol. The molecular weight excluding hydrogens is 194 g/mol. The lowest BCUT2D eigenvalue weighted by Gasteiger charge is -2.29. The number of hydrogen-bond donors (Lipinski definition) is 0. The maximum atomic E-state index is 11.5. The fraction of sp³-hybridized carbons (Fsp3) is 0.727. The first-order valence-corrected chi connectivity index (χ1v) is 5.44. The summed E-state index contributed by atoms with van der Waals surface area (Å²) in [5.74, 6) is -0.301. The zero-order valence-corrected chi connectivity index (χ0v) is 9.33. The van der Waals surface area contributed by atoms with E-state index in [1.807, 2.05) is 4.90 Å². The van der Waals surface area contributed by atoms with Crippen LogP contribution in [0.3, 0.4) is 0 Å². The first-order chi connectivity index (χ1) is 7.25. The van der Waals surface area contributed by atoms with Gasteiger partial charge in [-0.15, -0.1) is 0 Å². The normalized spacial score (nSPS) is 16.2. The third kappa shape index (κ3) is 3.91. The summed E-state index contributed by atoms with van der Waals surface area (Å²) in [6.07, 6.45) is 1.93. The summed E-state index contributed by atoms with van der Waals surface area (Å²) in [7, 11) is 0. The lowest BCUT2D eigenvalue weighted by molar-refractivity contribution is -0.141. The fourth-order valence-electron chi connectivity index (χ4n) is 1.35. The van der Waals surface area contributed by atoms with Gasteiger partial charge in [0.1, 0.15) is 5.70 Å². The van der Waals surface area contributed by atoms with Gasteiger partial charge in [-0.1, -0.05) is 19.9 Å². The van der Waals surface area contributed by atoms with Gasteiger partial charge in [-0.2, -0.15) is 0 Å². The number of hydrogen-bond acceptors (Lipinski definition) is 4. The highest BCUT2D eigenvalue weighted by Crippen LogP contribution is 2.07. The average Bonchev–Trinajstić information content (AvgIpc) is 2.29. The summed E-state index contributed by atoms with van der Waals surface area (Å²) < 4.78 is 10.3. The van der Waals surface area contributed by atoms with E-state index in [0.717, 1.165) is 25.9 Å². The minimum Gasteiger partial charge on any atom is -0.461 e. The van der Waals surface area contributed by atoms with Crippen LogP contribution in [0.2, 0.25) is 0 Å². The second kappa shape index (κ2) is 6.45. The van der Waals surface area contributed by atoms with E-state index in [0.29, 0.717) is 25.5 Å². The lowest BCUT2D eigenvalue weighted by atomic mass is 10.3. The van der Waals surface area contributed by atoms with Crippen molar-refractivity contribution in [3.05, 3.63) is 12.3 Å². The van der Waals surface area contributed by atoms with E-state index in [1.165, 1.54) is 0 Å². The van der Waals surface area contributed by atoms with Crippen LogP contribution in [0.4, 0.5) is 0 Å². The minimum absolute atomic E-state index is 0.301. The second-order valence-electron chi connectivity index (χ2n) is 3.54. The van der Waals surface area contributed by atoms with Gasteiger partial charge in [-0.25, -0.2) is 4.79 Å². The maximum absolute atomic E-state index is 11.5. The van der Waals surface area contributed by atoms with Crippen molar-refractivity contribution in [1.82, 2.24) is 4.90 Å². The Morgan fingerprint density at radius 3 is 2.73 bits per heavy atom. The number of esters is 1. The third-order valence-electron chi connectivity index (χ3n) is 2.36. The number of ether oxygens (including phenoxy) is 2. The van der Waals surface area contributed by atoms with E-state index in [4.69, 9.17) is 9.47 Å². The van der Waals surface area contributed by atoms with Gasteiger partial charge in [-0.05, 0) is 6.42 Å². The second-order valence-corrected chi connectivity index (χ2v) is 3.54. The number of rotatable bonds is 5. The highest BCUT2D eigenvalue weighted by atomic mass is 16.5. The molecule has 15 heavy (non-hydrogen) atoms. The molecule has 0 unspecified atom stereocenters. The van der Waals surface area contributed by atoms with Crippen LogP contribution in [-0.4, -0.2) is 43.8 Å². The summed E-state index contributed by atoms with van der Waals surface area (Å²) in [4.78, 5) is 13.4. The predicted octanol–water partition coefficient (Wildman–Crippen LogP) is 1.18. The Bertz CT molecular complexity index is 222. The van der Waals surface area contributed by atoms with Crippen molar-refractivity contribution < 1.29 is 14.3 Å². The minimum atomic E-state index is -0.301. The molecule has 1 aliphatic rings. The van der Waals surface area contributed by atoms with Crippen LogP contribution in [0, 0.1) is 0 Å². The SMILES string of the molecule is C=C(C(=O)OCCCC)N1CCOCC1. The quantitative estimate of drug-likeness (QED) is 0.390. The molecule has 0 aromatic carbocycles. The zero-order chi connectivity index (χ0) is 11.1. The molecule has 1 heterocycles. The standard InChI is InChI=1S/C11H19NO3/c1-3-4-7-15-11(13)10(2)12-5-8-14-9-6-12/h2-9H2,1H3. The molecule has 0 radical (unpaired) electrons. The Balaban J connectivity index is 2.28. The van der Waals surface area contributed by atoms with E-state index in [9.17, 15) is 4.79 Å². The van der Waals surface area contributed by atoms with E-state index in [-0.39, 0.29) is 5.97 Å². The molecule has 0 aromatic heterocycles. The highest BCUT2D eigenvalue weighted by molar-refractivity contribution is 5.87. The van der Waals surface area contributed by atoms with Crippen molar-refractivity contribution in [2.24, 2.45) is 0 Å². The first-order valence-electron chi connectivity index (χ1n) is 5.44. The first kappa shape index (κ1) is 12.0. The van der Waals surface area contributed by atoms with Crippen LogP contribution in [0.25, 0.3) is 0 Å². The van der Waals surface area contributed by atoms with Crippen molar-refractivity contribution in [2.75, 3.05) is 32.9 Å². The van der Waals surface area contributed by atoms with Crippen molar-refractivity contribution in [2.45, 2.75) is 19.8 Å². The molecule has 0 saturated carbocycles. The van der Waals surface area contributed by atoms with Gasteiger partial charge in [0.05, 0.1) is 19.8 Å². The summed E-state index contributed by atoms with van der Waals surface area (Å²) in [6.45, 7) is 9.05. The number of nitrogens with zero attached hydrogens (tertiary/aromatic N) is 1. The third-order valence-corrected chi connectivity index (χ3v) is 2.36. The van der Waals surface area contributed by atoms with Gasteiger partial charge in [0.2, 0.25) is 0 Å². The Morgan fingerprint density at radius 2 is 2.13 bits per heavy atom. The molecule has 1 fully saturated rings. The molecular formula is C11H19NO3. The number of carbonyl (C=O) groups excluding carboxylic acids is 1. The molecule has 86 valence electrons. The van der Waals surface area contributed by atoms with Crippen molar-refractivity contribution in [3.63, 3.8) is 0 Å². The molecule has 4 nitrogen and oxygen atoms in total. The van der Waals surface area contributed by atoms with Crippen molar-refractivity contribution >= 4 is 5.97 Å². The molecule has 0 aliphatic carbocycles.